The Balaban J connectivity index is 1.94. The number of hydrogen-bond acceptors (Lipinski definition) is 5. The maximum absolute atomic E-state index is 13.4. The highest BCUT2D eigenvalue weighted by Gasteiger charge is 2.71. The summed E-state index contributed by atoms with van der Waals surface area (Å²) in [6.45, 7) is 7.14. The number of rotatable bonds is 3. The van der Waals surface area contributed by atoms with E-state index < -0.39 is 35.4 Å². The number of amides is 3. The van der Waals surface area contributed by atoms with Gasteiger partial charge in [-0.05, 0) is 38.8 Å². The fraction of sp³-hybridized carbons (Fsp3) is 0.550. The summed E-state index contributed by atoms with van der Waals surface area (Å²) in [4.78, 5) is 41.1. The maximum Gasteiger partial charge on any atom is 0.250 e. The van der Waals surface area contributed by atoms with Crippen molar-refractivity contribution < 1.29 is 19.5 Å². The number of anilines is 1. The lowest BCUT2D eigenvalue weighted by Gasteiger charge is -2.31. The molecule has 1 aromatic rings. The molecule has 3 aliphatic rings. The van der Waals surface area contributed by atoms with Crippen LogP contribution in [0.3, 0.4) is 0 Å². The van der Waals surface area contributed by atoms with E-state index in [9.17, 15) is 19.5 Å². The largest absolute Gasteiger partial charge is 0.392 e. The fourth-order valence-corrected chi connectivity index (χ4v) is 5.30. The number of benzene rings is 1. The van der Waals surface area contributed by atoms with Gasteiger partial charge in [0.15, 0.2) is 0 Å². The average molecular weight is 406 g/mol. The van der Waals surface area contributed by atoms with E-state index in [0.29, 0.717) is 22.7 Å². The molecule has 0 aromatic heterocycles. The van der Waals surface area contributed by atoms with Crippen molar-refractivity contribution in [2.24, 2.45) is 11.8 Å². The van der Waals surface area contributed by atoms with Crippen LogP contribution in [0.15, 0.2) is 12.1 Å². The van der Waals surface area contributed by atoms with Crippen molar-refractivity contribution in [3.63, 3.8) is 0 Å². The molecule has 7 nitrogen and oxygen atoms in total. The number of likely N-dealkylation sites (tertiary alicyclic amines) is 1. The topological polar surface area (TPSA) is 98.7 Å². The standard InChI is InChI=1S/C20H24ClN3O4/c1-5-9(3)24-17(26)13-14(18(24)27)20(23-15(13)10(4)25)11-6-8(2)7-12(21)16(11)22-19(20)28/h6-7,9-10,13-15,23,25H,5H2,1-4H3,(H,22,28)/t9-,10+,13-,14-,15-,20+/m0/s1. The molecule has 8 heteroatoms. The van der Waals surface area contributed by atoms with Gasteiger partial charge in [0.1, 0.15) is 5.54 Å². The summed E-state index contributed by atoms with van der Waals surface area (Å²) in [7, 11) is 0. The molecule has 0 saturated carbocycles. The first kappa shape index (κ1) is 19.4. The fourth-order valence-electron chi connectivity index (χ4n) is 4.98. The second-order valence-corrected chi connectivity index (χ2v) is 8.56. The van der Waals surface area contributed by atoms with Crippen molar-refractivity contribution in [2.75, 3.05) is 5.32 Å². The number of nitrogens with zero attached hydrogens (tertiary/aromatic N) is 1. The van der Waals surface area contributed by atoms with Gasteiger partial charge >= 0.3 is 0 Å². The Morgan fingerprint density at radius 3 is 2.54 bits per heavy atom. The summed E-state index contributed by atoms with van der Waals surface area (Å²) in [6, 6.07) is 2.57. The number of aliphatic hydroxyl groups excluding tert-OH is 1. The number of aliphatic hydroxyl groups is 1. The number of hydrogen-bond donors (Lipinski definition) is 3. The Morgan fingerprint density at radius 2 is 1.93 bits per heavy atom. The van der Waals surface area contributed by atoms with E-state index in [1.54, 1.807) is 13.0 Å². The quantitative estimate of drug-likeness (QED) is 0.663. The predicted octanol–water partition coefficient (Wildman–Crippen LogP) is 1.55. The van der Waals surface area contributed by atoms with Crippen molar-refractivity contribution in [3.8, 4) is 0 Å². The third-order valence-corrected chi connectivity index (χ3v) is 6.74. The first-order chi connectivity index (χ1) is 13.1. The lowest BCUT2D eigenvalue weighted by molar-refractivity contribution is -0.145. The number of halogens is 1. The van der Waals surface area contributed by atoms with Crippen LogP contribution in [0.2, 0.25) is 5.02 Å². The molecule has 0 bridgehead atoms. The van der Waals surface area contributed by atoms with Crippen LogP contribution in [-0.2, 0) is 19.9 Å². The van der Waals surface area contributed by atoms with E-state index in [-0.39, 0.29) is 17.9 Å². The highest BCUT2D eigenvalue weighted by molar-refractivity contribution is 6.35. The van der Waals surface area contributed by atoms with Crippen LogP contribution in [-0.4, -0.2) is 45.9 Å². The lowest BCUT2D eigenvalue weighted by atomic mass is 9.76. The Hall–Kier alpha value is -1.96. The van der Waals surface area contributed by atoms with Gasteiger partial charge in [-0.15, -0.1) is 0 Å². The predicted molar refractivity (Wildman–Crippen MR) is 104 cm³/mol. The second kappa shape index (κ2) is 6.27. The van der Waals surface area contributed by atoms with Gasteiger partial charge in [-0.25, -0.2) is 0 Å². The van der Waals surface area contributed by atoms with Crippen molar-refractivity contribution in [1.82, 2.24) is 10.2 Å². The van der Waals surface area contributed by atoms with Crippen molar-refractivity contribution in [1.29, 1.82) is 0 Å². The first-order valence-electron chi connectivity index (χ1n) is 9.59. The minimum absolute atomic E-state index is 0.276. The Labute approximate surface area is 168 Å². The lowest BCUT2D eigenvalue weighted by Crippen LogP contribution is -2.55. The van der Waals surface area contributed by atoms with Gasteiger partial charge in [0.25, 0.3) is 0 Å². The van der Waals surface area contributed by atoms with E-state index in [1.807, 2.05) is 26.8 Å². The van der Waals surface area contributed by atoms with E-state index in [1.165, 1.54) is 4.90 Å². The summed E-state index contributed by atoms with van der Waals surface area (Å²) in [5.41, 5.74) is 0.436. The summed E-state index contributed by atoms with van der Waals surface area (Å²) >= 11 is 6.36. The number of fused-ring (bicyclic) bond motifs is 4. The molecule has 3 N–H and O–H groups in total. The van der Waals surface area contributed by atoms with Crippen LogP contribution in [0.25, 0.3) is 0 Å². The van der Waals surface area contributed by atoms with Crippen LogP contribution >= 0.6 is 11.6 Å². The van der Waals surface area contributed by atoms with Crippen molar-refractivity contribution in [2.45, 2.75) is 57.8 Å². The normalized spacial score (nSPS) is 33.3. The van der Waals surface area contributed by atoms with Crippen LogP contribution < -0.4 is 10.6 Å². The van der Waals surface area contributed by atoms with E-state index in [4.69, 9.17) is 11.6 Å². The van der Waals surface area contributed by atoms with E-state index in [0.717, 1.165) is 5.56 Å². The van der Waals surface area contributed by atoms with Crippen molar-refractivity contribution >= 4 is 35.0 Å². The first-order valence-corrected chi connectivity index (χ1v) is 9.97. The molecule has 3 heterocycles. The molecule has 150 valence electrons. The number of nitrogens with one attached hydrogen (secondary N) is 2. The van der Waals surface area contributed by atoms with Gasteiger partial charge in [0, 0.05) is 17.6 Å². The Kier molecular flexibility index (Phi) is 4.34. The molecule has 4 rings (SSSR count). The zero-order valence-electron chi connectivity index (χ0n) is 16.2. The highest BCUT2D eigenvalue weighted by atomic mass is 35.5. The van der Waals surface area contributed by atoms with Gasteiger partial charge in [-0.2, -0.15) is 0 Å². The smallest absolute Gasteiger partial charge is 0.250 e. The van der Waals surface area contributed by atoms with E-state index >= 15 is 0 Å². The van der Waals surface area contributed by atoms with Gasteiger partial charge in [0.05, 0.1) is 28.6 Å². The molecule has 2 fully saturated rings. The number of carbonyl (C=O) groups excluding carboxylic acids is 3. The number of imide groups is 1. The summed E-state index contributed by atoms with van der Waals surface area (Å²) < 4.78 is 0. The molecule has 3 aliphatic heterocycles. The molecule has 3 amide bonds. The number of carbonyl (C=O) groups is 3. The summed E-state index contributed by atoms with van der Waals surface area (Å²) in [6.07, 6.45) is -0.303. The van der Waals surface area contributed by atoms with Gasteiger partial charge < -0.3 is 10.4 Å². The maximum atomic E-state index is 13.4. The highest BCUT2D eigenvalue weighted by Crippen LogP contribution is 2.55. The molecule has 2 saturated heterocycles. The summed E-state index contributed by atoms with van der Waals surface area (Å²) in [5.74, 6) is -2.86. The minimum atomic E-state index is -1.42. The minimum Gasteiger partial charge on any atom is -0.392 e. The van der Waals surface area contributed by atoms with Crippen LogP contribution in [0.1, 0.15) is 38.3 Å². The van der Waals surface area contributed by atoms with Crippen LogP contribution in [0.5, 0.6) is 0 Å². The van der Waals surface area contributed by atoms with Gasteiger partial charge in [-0.1, -0.05) is 24.6 Å². The third kappa shape index (κ3) is 2.27. The second-order valence-electron chi connectivity index (χ2n) is 8.15. The SMILES string of the molecule is CC[C@H](C)N1C(=O)[C@@H]2[C@H]([C@@H](C)O)N[C@@]3(C(=O)Nc4c(Cl)cc(C)cc43)[C@@H]2C1=O. The van der Waals surface area contributed by atoms with Gasteiger partial charge in [-0.3, -0.25) is 24.6 Å². The molecule has 6 atom stereocenters. The molecular formula is C20H24ClN3O4. The molecule has 28 heavy (non-hydrogen) atoms. The molecule has 0 radical (unpaired) electrons. The Morgan fingerprint density at radius 1 is 1.25 bits per heavy atom. The zero-order valence-corrected chi connectivity index (χ0v) is 17.0. The average Bonchev–Trinajstić information content (AvgIpc) is 3.21. The van der Waals surface area contributed by atoms with E-state index in [2.05, 4.69) is 10.6 Å². The monoisotopic (exact) mass is 405 g/mol. The third-order valence-electron chi connectivity index (χ3n) is 6.44. The van der Waals surface area contributed by atoms with Crippen molar-refractivity contribution in [3.05, 3.63) is 28.3 Å². The van der Waals surface area contributed by atoms with Crippen LogP contribution in [0.4, 0.5) is 5.69 Å². The molecule has 1 aromatic carbocycles. The Bertz CT molecular complexity index is 902. The summed E-state index contributed by atoms with van der Waals surface area (Å²) in [5, 5.41) is 16.7. The van der Waals surface area contributed by atoms with Gasteiger partial charge in [0.2, 0.25) is 17.7 Å². The molecule has 1 spiro atoms. The molecular weight excluding hydrogens is 382 g/mol. The zero-order chi connectivity index (χ0) is 20.5. The van der Waals surface area contributed by atoms with Crippen LogP contribution in [0, 0.1) is 18.8 Å². The number of aryl methyl sites for hydroxylation is 1. The molecule has 0 aliphatic carbocycles. The molecule has 0 unspecified atom stereocenters.